The van der Waals surface area contributed by atoms with E-state index in [4.69, 9.17) is 0 Å². The molecule has 0 aliphatic carbocycles. The van der Waals surface area contributed by atoms with E-state index in [1.54, 1.807) is 26.0 Å². The first-order valence-corrected chi connectivity index (χ1v) is 8.16. The highest BCUT2D eigenvalue weighted by Crippen LogP contribution is 2.42. The third-order valence-corrected chi connectivity index (χ3v) is 4.27. The molecule has 3 rings (SSSR count). The van der Waals surface area contributed by atoms with Gasteiger partial charge in [-0.15, -0.1) is 0 Å². The number of benzene rings is 2. The van der Waals surface area contributed by atoms with Crippen LogP contribution in [0.1, 0.15) is 25.5 Å². The maximum Gasteiger partial charge on any atom is 0.294 e. The van der Waals surface area contributed by atoms with Crippen LogP contribution >= 0.6 is 0 Å². The van der Waals surface area contributed by atoms with Crippen molar-refractivity contribution in [2.24, 2.45) is 5.92 Å². The summed E-state index contributed by atoms with van der Waals surface area (Å²) in [4.78, 5) is 26.6. The quantitative estimate of drug-likeness (QED) is 0.877. The molecule has 2 aromatic carbocycles. The minimum atomic E-state index is -0.953. The molecule has 0 bridgehead atoms. The molecule has 0 radical (unpaired) electrons. The summed E-state index contributed by atoms with van der Waals surface area (Å²) in [5.41, 5.74) is 0.594. The molecule has 1 aliphatic rings. The standard InChI is InChI=1S/C20H18FNO4/c1-11(2)18(24)16-17(12-5-3-8-15(23)9-12)22(20(26)19(16)25)14-7-4-6-13(21)10-14/h3-11,17,23,25H,1-2H3. The first kappa shape index (κ1) is 17.7. The lowest BCUT2D eigenvalue weighted by Gasteiger charge is -2.27. The van der Waals surface area contributed by atoms with E-state index in [0.717, 1.165) is 6.07 Å². The average molecular weight is 355 g/mol. The number of phenols is 1. The second-order valence-corrected chi connectivity index (χ2v) is 6.43. The molecule has 2 N–H and O–H groups in total. The van der Waals surface area contributed by atoms with E-state index in [9.17, 15) is 24.2 Å². The van der Waals surface area contributed by atoms with Gasteiger partial charge in [0.15, 0.2) is 11.5 Å². The Balaban J connectivity index is 2.21. The fourth-order valence-electron chi connectivity index (χ4n) is 3.07. The van der Waals surface area contributed by atoms with Crippen LogP contribution in [-0.4, -0.2) is 21.9 Å². The fourth-order valence-corrected chi connectivity index (χ4v) is 3.07. The number of amides is 1. The van der Waals surface area contributed by atoms with Crippen molar-refractivity contribution < 1.29 is 24.2 Å². The summed E-state index contributed by atoms with van der Waals surface area (Å²) in [6.45, 7) is 3.33. The number of nitrogens with zero attached hydrogens (tertiary/aromatic N) is 1. The molecule has 2 aromatic rings. The van der Waals surface area contributed by atoms with Gasteiger partial charge in [0.25, 0.3) is 5.91 Å². The zero-order valence-corrected chi connectivity index (χ0v) is 14.3. The van der Waals surface area contributed by atoms with Crippen molar-refractivity contribution in [1.29, 1.82) is 0 Å². The molecule has 0 spiro atoms. The van der Waals surface area contributed by atoms with Gasteiger partial charge in [0.1, 0.15) is 11.6 Å². The van der Waals surface area contributed by atoms with Gasteiger partial charge in [-0.25, -0.2) is 4.39 Å². The van der Waals surface area contributed by atoms with Crippen LogP contribution in [0.3, 0.4) is 0 Å². The SMILES string of the molecule is CC(C)C(=O)C1=C(O)C(=O)N(c2cccc(F)c2)C1c1cccc(O)c1. The monoisotopic (exact) mass is 355 g/mol. The molecule has 26 heavy (non-hydrogen) atoms. The fraction of sp³-hybridized carbons (Fsp3) is 0.200. The smallest absolute Gasteiger partial charge is 0.294 e. The van der Waals surface area contributed by atoms with Gasteiger partial charge in [-0.1, -0.05) is 32.0 Å². The molecule has 0 fully saturated rings. The molecule has 134 valence electrons. The summed E-state index contributed by atoms with van der Waals surface area (Å²) >= 11 is 0. The Hall–Kier alpha value is -3.15. The van der Waals surface area contributed by atoms with Gasteiger partial charge in [-0.2, -0.15) is 0 Å². The van der Waals surface area contributed by atoms with Crippen LogP contribution in [0, 0.1) is 11.7 Å². The van der Waals surface area contributed by atoms with Crippen molar-refractivity contribution >= 4 is 17.4 Å². The first-order chi connectivity index (χ1) is 12.3. The van der Waals surface area contributed by atoms with Gasteiger partial charge in [0.2, 0.25) is 0 Å². The Labute approximate surface area is 150 Å². The first-order valence-electron chi connectivity index (χ1n) is 8.16. The molecular weight excluding hydrogens is 337 g/mol. The Morgan fingerprint density at radius 1 is 1.12 bits per heavy atom. The van der Waals surface area contributed by atoms with Crippen molar-refractivity contribution in [3.05, 3.63) is 71.2 Å². The van der Waals surface area contributed by atoms with E-state index < -0.39 is 29.4 Å². The molecule has 1 heterocycles. The Morgan fingerprint density at radius 3 is 2.42 bits per heavy atom. The number of carbonyl (C=O) groups excluding carboxylic acids is 2. The van der Waals surface area contributed by atoms with E-state index in [0.29, 0.717) is 5.56 Å². The lowest BCUT2D eigenvalue weighted by atomic mass is 9.91. The van der Waals surface area contributed by atoms with Crippen LogP contribution in [0.25, 0.3) is 0 Å². The van der Waals surface area contributed by atoms with Crippen LogP contribution in [0.4, 0.5) is 10.1 Å². The van der Waals surface area contributed by atoms with E-state index in [2.05, 4.69) is 0 Å². The maximum atomic E-state index is 13.7. The summed E-state index contributed by atoms with van der Waals surface area (Å²) < 4.78 is 13.7. The normalized spacial score (nSPS) is 17.3. The number of anilines is 1. The zero-order valence-electron chi connectivity index (χ0n) is 14.3. The summed E-state index contributed by atoms with van der Waals surface area (Å²) in [5.74, 6) is -2.87. The third-order valence-electron chi connectivity index (χ3n) is 4.27. The van der Waals surface area contributed by atoms with E-state index in [-0.39, 0.29) is 22.8 Å². The largest absolute Gasteiger partial charge is 0.508 e. The predicted octanol–water partition coefficient (Wildman–Crippen LogP) is 3.66. The van der Waals surface area contributed by atoms with Gasteiger partial charge in [-0.3, -0.25) is 14.5 Å². The number of Topliss-reactive ketones (excluding diaryl/α,β-unsaturated/α-hetero) is 1. The van der Waals surface area contributed by atoms with Crippen LogP contribution in [0.2, 0.25) is 0 Å². The molecular formula is C20H18FNO4. The molecule has 1 aliphatic heterocycles. The lowest BCUT2D eigenvalue weighted by molar-refractivity contribution is -0.119. The maximum absolute atomic E-state index is 13.7. The summed E-state index contributed by atoms with van der Waals surface area (Å²) in [7, 11) is 0. The minimum Gasteiger partial charge on any atom is -0.508 e. The van der Waals surface area contributed by atoms with Crippen molar-refractivity contribution in [2.45, 2.75) is 19.9 Å². The lowest BCUT2D eigenvalue weighted by Crippen LogP contribution is -2.31. The highest BCUT2D eigenvalue weighted by Gasteiger charge is 2.44. The third kappa shape index (κ3) is 2.94. The molecule has 0 saturated carbocycles. The Bertz CT molecular complexity index is 920. The summed E-state index contributed by atoms with van der Waals surface area (Å²) in [5, 5.41) is 20.2. The summed E-state index contributed by atoms with van der Waals surface area (Å²) in [6.07, 6.45) is 0. The van der Waals surface area contributed by atoms with Gasteiger partial charge in [-0.05, 0) is 35.9 Å². The number of rotatable bonds is 4. The van der Waals surface area contributed by atoms with Gasteiger partial charge in [0.05, 0.1) is 11.6 Å². The van der Waals surface area contributed by atoms with Crippen LogP contribution < -0.4 is 4.90 Å². The highest BCUT2D eigenvalue weighted by atomic mass is 19.1. The number of hydrogen-bond donors (Lipinski definition) is 2. The molecule has 1 unspecified atom stereocenters. The highest BCUT2D eigenvalue weighted by molar-refractivity contribution is 6.16. The van der Waals surface area contributed by atoms with Crippen molar-refractivity contribution in [2.75, 3.05) is 4.90 Å². The number of carbonyl (C=O) groups is 2. The topological polar surface area (TPSA) is 77.8 Å². The van der Waals surface area contributed by atoms with Crippen LogP contribution in [0.5, 0.6) is 5.75 Å². The van der Waals surface area contributed by atoms with Gasteiger partial charge < -0.3 is 10.2 Å². The summed E-state index contributed by atoms with van der Waals surface area (Å²) in [6, 6.07) is 10.5. The molecule has 6 heteroatoms. The minimum absolute atomic E-state index is 0.0446. The number of halogens is 1. The number of aliphatic hydroxyl groups excluding tert-OH is 1. The van der Waals surface area contributed by atoms with Crippen LogP contribution in [0.15, 0.2) is 59.9 Å². The molecule has 1 atom stereocenters. The zero-order chi connectivity index (χ0) is 19.0. The number of hydrogen-bond acceptors (Lipinski definition) is 4. The number of phenolic OH excluding ortho intramolecular Hbond substituents is 1. The van der Waals surface area contributed by atoms with Gasteiger partial charge >= 0.3 is 0 Å². The van der Waals surface area contributed by atoms with E-state index in [1.165, 1.54) is 35.2 Å². The van der Waals surface area contributed by atoms with Crippen molar-refractivity contribution in [3.8, 4) is 5.75 Å². The average Bonchev–Trinajstić information content (AvgIpc) is 2.85. The van der Waals surface area contributed by atoms with Crippen molar-refractivity contribution in [1.82, 2.24) is 0 Å². The second kappa shape index (κ2) is 6.63. The number of ketones is 1. The predicted molar refractivity (Wildman–Crippen MR) is 94.2 cm³/mol. The Kier molecular flexibility index (Phi) is 4.50. The molecule has 0 saturated heterocycles. The molecule has 0 aromatic heterocycles. The van der Waals surface area contributed by atoms with Crippen molar-refractivity contribution in [3.63, 3.8) is 0 Å². The molecule has 5 nitrogen and oxygen atoms in total. The number of aliphatic hydroxyl groups is 1. The molecule has 1 amide bonds. The van der Waals surface area contributed by atoms with Crippen LogP contribution in [-0.2, 0) is 9.59 Å². The van der Waals surface area contributed by atoms with E-state index in [1.807, 2.05) is 0 Å². The van der Waals surface area contributed by atoms with Gasteiger partial charge in [0, 0.05) is 11.6 Å². The number of aromatic hydroxyl groups is 1. The van der Waals surface area contributed by atoms with E-state index >= 15 is 0 Å². The second-order valence-electron chi connectivity index (χ2n) is 6.43. The Morgan fingerprint density at radius 2 is 1.81 bits per heavy atom.